The fraction of sp³-hybridized carbons (Fsp3) is 0.231. The van der Waals surface area contributed by atoms with Gasteiger partial charge in [-0.1, -0.05) is 6.07 Å². The number of aryl methyl sites for hydroxylation is 3. The maximum Gasteiger partial charge on any atom is 0.238 e. The summed E-state index contributed by atoms with van der Waals surface area (Å²) in [7, 11) is 0. The summed E-state index contributed by atoms with van der Waals surface area (Å²) in [4.78, 5) is 8.52. The predicted molar refractivity (Wildman–Crippen MR) is 67.2 cm³/mol. The van der Waals surface area contributed by atoms with E-state index < -0.39 is 0 Å². The molecule has 17 heavy (non-hydrogen) atoms. The maximum atomic E-state index is 5.72. The van der Waals surface area contributed by atoms with Crippen molar-refractivity contribution in [1.29, 1.82) is 0 Å². The summed E-state index contributed by atoms with van der Waals surface area (Å²) in [6, 6.07) is 5.54. The molecule has 0 radical (unpaired) electrons. The summed E-state index contributed by atoms with van der Waals surface area (Å²) in [5.41, 5.74) is 9.17. The highest BCUT2D eigenvalue weighted by Gasteiger charge is 2.05. The molecule has 1 heterocycles. The third-order valence-corrected chi connectivity index (χ3v) is 2.60. The molecule has 1 aromatic heterocycles. The second-order valence-electron chi connectivity index (χ2n) is 4.01. The second-order valence-corrected chi connectivity index (χ2v) is 4.01. The Bertz CT molecular complexity index is 552. The quantitative estimate of drug-likeness (QED) is 0.804. The van der Waals surface area contributed by atoms with Crippen LogP contribution in [0.1, 0.15) is 17.0 Å². The van der Waals surface area contributed by atoms with E-state index in [1.165, 1.54) is 0 Å². The third kappa shape index (κ3) is 2.53. The molecule has 2 rings (SSSR count). The molecule has 0 aliphatic heterocycles. The molecule has 0 spiro atoms. The molecule has 0 atom stereocenters. The van der Waals surface area contributed by atoms with E-state index in [-0.39, 0.29) is 0 Å². The van der Waals surface area contributed by atoms with Gasteiger partial charge in [0.05, 0.1) is 17.6 Å². The van der Waals surface area contributed by atoms with Gasteiger partial charge in [-0.3, -0.25) is 4.98 Å². The van der Waals surface area contributed by atoms with Crippen molar-refractivity contribution in [2.45, 2.75) is 20.8 Å². The van der Waals surface area contributed by atoms with Gasteiger partial charge in [0.1, 0.15) is 5.75 Å². The molecule has 0 aliphatic carbocycles. The number of nitrogens with two attached hydrogens (primary N) is 1. The topological polar surface area (TPSA) is 61.0 Å². The van der Waals surface area contributed by atoms with Crippen molar-refractivity contribution in [3.8, 4) is 11.6 Å². The van der Waals surface area contributed by atoms with Gasteiger partial charge >= 0.3 is 0 Å². The minimum Gasteiger partial charge on any atom is -0.437 e. The molecule has 0 saturated carbocycles. The van der Waals surface area contributed by atoms with Gasteiger partial charge < -0.3 is 10.5 Å². The number of nitrogens with zero attached hydrogens (tertiary/aromatic N) is 2. The molecule has 0 unspecified atom stereocenters. The lowest BCUT2D eigenvalue weighted by Crippen LogP contribution is -1.96. The molecule has 4 nitrogen and oxygen atoms in total. The number of nitrogen functional groups attached to an aromatic ring is 1. The molecular weight excluding hydrogens is 214 g/mol. The lowest BCUT2D eigenvalue weighted by molar-refractivity contribution is 0.455. The second kappa shape index (κ2) is 4.41. The minimum atomic E-state index is 0.488. The molecular formula is C13H15N3O. The fourth-order valence-corrected chi connectivity index (χ4v) is 1.41. The summed E-state index contributed by atoms with van der Waals surface area (Å²) in [5.74, 6) is 1.20. The van der Waals surface area contributed by atoms with Crippen LogP contribution < -0.4 is 10.5 Å². The molecule has 0 amide bonds. The largest absolute Gasteiger partial charge is 0.437 e. The number of benzene rings is 1. The van der Waals surface area contributed by atoms with Gasteiger partial charge in [0.2, 0.25) is 5.88 Å². The van der Waals surface area contributed by atoms with Crippen molar-refractivity contribution in [1.82, 2.24) is 9.97 Å². The summed E-state index contributed by atoms with van der Waals surface area (Å²) in [6.45, 7) is 5.78. The fourth-order valence-electron chi connectivity index (χ4n) is 1.41. The van der Waals surface area contributed by atoms with Gasteiger partial charge in [-0.05, 0) is 32.4 Å². The van der Waals surface area contributed by atoms with E-state index >= 15 is 0 Å². The van der Waals surface area contributed by atoms with Crippen molar-refractivity contribution in [2.24, 2.45) is 0 Å². The number of aromatic nitrogens is 2. The molecule has 88 valence electrons. The lowest BCUT2D eigenvalue weighted by atomic mass is 10.2. The van der Waals surface area contributed by atoms with Crippen molar-refractivity contribution >= 4 is 5.69 Å². The Morgan fingerprint density at radius 1 is 1.12 bits per heavy atom. The molecule has 0 aliphatic rings. The number of rotatable bonds is 2. The van der Waals surface area contributed by atoms with Crippen molar-refractivity contribution < 1.29 is 4.74 Å². The SMILES string of the molecule is Cc1ccc(N)cc1Oc1cnc(C)c(C)n1. The van der Waals surface area contributed by atoms with Crippen LogP contribution in [0, 0.1) is 20.8 Å². The molecule has 2 N–H and O–H groups in total. The number of ether oxygens (including phenoxy) is 1. The molecule has 2 aromatic rings. The molecule has 1 aromatic carbocycles. The van der Waals surface area contributed by atoms with Crippen LogP contribution in [0.5, 0.6) is 11.6 Å². The van der Waals surface area contributed by atoms with E-state index in [1.54, 1.807) is 12.3 Å². The normalized spacial score (nSPS) is 10.3. The Morgan fingerprint density at radius 3 is 2.59 bits per heavy atom. The summed E-state index contributed by atoms with van der Waals surface area (Å²) in [6.07, 6.45) is 1.62. The van der Waals surface area contributed by atoms with Crippen molar-refractivity contribution in [3.63, 3.8) is 0 Å². The first-order valence-corrected chi connectivity index (χ1v) is 5.40. The van der Waals surface area contributed by atoms with E-state index in [9.17, 15) is 0 Å². The van der Waals surface area contributed by atoms with E-state index in [1.807, 2.05) is 32.9 Å². The Kier molecular flexibility index (Phi) is 2.95. The van der Waals surface area contributed by atoms with E-state index in [2.05, 4.69) is 9.97 Å². The number of hydrogen-bond donors (Lipinski definition) is 1. The maximum absolute atomic E-state index is 5.72. The van der Waals surface area contributed by atoms with Gasteiger partial charge in [-0.2, -0.15) is 0 Å². The number of anilines is 1. The van der Waals surface area contributed by atoms with Crippen molar-refractivity contribution in [3.05, 3.63) is 41.3 Å². The van der Waals surface area contributed by atoms with Crippen LogP contribution in [0.2, 0.25) is 0 Å². The standard InChI is InChI=1S/C13H15N3O/c1-8-4-5-11(14)6-12(8)17-13-7-15-9(2)10(3)16-13/h4-7H,14H2,1-3H3. The van der Waals surface area contributed by atoms with Gasteiger partial charge in [0.15, 0.2) is 0 Å². The zero-order valence-corrected chi connectivity index (χ0v) is 10.2. The van der Waals surface area contributed by atoms with Crippen LogP contribution in [0.4, 0.5) is 5.69 Å². The van der Waals surface area contributed by atoms with E-state index in [0.29, 0.717) is 17.3 Å². The van der Waals surface area contributed by atoms with Crippen LogP contribution in [0.3, 0.4) is 0 Å². The monoisotopic (exact) mass is 229 g/mol. The smallest absolute Gasteiger partial charge is 0.238 e. The van der Waals surface area contributed by atoms with Crippen LogP contribution in [-0.4, -0.2) is 9.97 Å². The van der Waals surface area contributed by atoms with E-state index in [0.717, 1.165) is 17.0 Å². The molecule has 0 fully saturated rings. The zero-order chi connectivity index (χ0) is 12.4. The molecule has 4 heteroatoms. The Morgan fingerprint density at radius 2 is 1.88 bits per heavy atom. The first-order chi connectivity index (χ1) is 8.06. The predicted octanol–water partition coefficient (Wildman–Crippen LogP) is 2.78. The number of hydrogen-bond acceptors (Lipinski definition) is 4. The first kappa shape index (κ1) is 11.4. The van der Waals surface area contributed by atoms with Gasteiger partial charge in [-0.15, -0.1) is 0 Å². The molecule has 0 bridgehead atoms. The summed E-state index contributed by atoms with van der Waals surface area (Å²) in [5, 5.41) is 0. The Hall–Kier alpha value is -2.10. The van der Waals surface area contributed by atoms with Crippen LogP contribution in [0.25, 0.3) is 0 Å². The van der Waals surface area contributed by atoms with Crippen molar-refractivity contribution in [2.75, 3.05) is 5.73 Å². The van der Waals surface area contributed by atoms with Gasteiger partial charge in [0.25, 0.3) is 0 Å². The average molecular weight is 229 g/mol. The summed E-state index contributed by atoms with van der Waals surface area (Å²) >= 11 is 0. The Labute approximate surface area is 100 Å². The zero-order valence-electron chi connectivity index (χ0n) is 10.2. The van der Waals surface area contributed by atoms with Crippen LogP contribution in [-0.2, 0) is 0 Å². The summed E-state index contributed by atoms with van der Waals surface area (Å²) < 4.78 is 5.67. The lowest BCUT2D eigenvalue weighted by Gasteiger charge is -2.09. The third-order valence-electron chi connectivity index (χ3n) is 2.60. The molecule has 0 saturated heterocycles. The van der Waals surface area contributed by atoms with Crippen LogP contribution >= 0.6 is 0 Å². The minimum absolute atomic E-state index is 0.488. The highest BCUT2D eigenvalue weighted by atomic mass is 16.5. The van der Waals surface area contributed by atoms with Gasteiger partial charge in [0, 0.05) is 11.8 Å². The average Bonchev–Trinajstić information content (AvgIpc) is 2.29. The first-order valence-electron chi connectivity index (χ1n) is 5.40. The van der Waals surface area contributed by atoms with Crippen LogP contribution in [0.15, 0.2) is 24.4 Å². The Balaban J connectivity index is 2.31. The highest BCUT2D eigenvalue weighted by Crippen LogP contribution is 2.25. The van der Waals surface area contributed by atoms with E-state index in [4.69, 9.17) is 10.5 Å². The van der Waals surface area contributed by atoms with Gasteiger partial charge in [-0.25, -0.2) is 4.98 Å². The highest BCUT2D eigenvalue weighted by molar-refractivity contribution is 5.48.